The Balaban J connectivity index is 0.000000271. The molecule has 216 valence electrons. The highest BCUT2D eigenvalue weighted by Crippen LogP contribution is 2.30. The number of carboxylic acids is 4. The van der Waals surface area contributed by atoms with Crippen LogP contribution in [-0.2, 0) is 12.8 Å². The first-order chi connectivity index (χ1) is 19.8. The fourth-order valence-electron chi connectivity index (χ4n) is 4.15. The van der Waals surface area contributed by atoms with Crippen LogP contribution in [-0.4, -0.2) is 64.7 Å². The van der Waals surface area contributed by atoms with E-state index in [4.69, 9.17) is 20.4 Å². The maximum absolute atomic E-state index is 11.5. The monoisotopic (exact) mass is 576 g/mol. The Hall–Kier alpha value is -6.04. The minimum atomic E-state index is -1.71. The summed E-state index contributed by atoms with van der Waals surface area (Å²) < 4.78 is 0. The van der Waals surface area contributed by atoms with E-state index in [1.165, 1.54) is 0 Å². The van der Waals surface area contributed by atoms with Crippen molar-refractivity contribution in [2.75, 3.05) is 0 Å². The van der Waals surface area contributed by atoms with Gasteiger partial charge in [0.05, 0.1) is 11.1 Å². The van der Waals surface area contributed by atoms with Crippen LogP contribution in [0.15, 0.2) is 72.8 Å². The topological polar surface area (TPSA) is 230 Å². The van der Waals surface area contributed by atoms with Crippen LogP contribution in [0, 0.1) is 0 Å². The van der Waals surface area contributed by atoms with Gasteiger partial charge in [0.15, 0.2) is 0 Å². The zero-order valence-corrected chi connectivity index (χ0v) is 21.6. The van der Waals surface area contributed by atoms with E-state index in [1.807, 2.05) is 24.3 Å². The molecule has 0 atom stereocenters. The van der Waals surface area contributed by atoms with Crippen LogP contribution in [0.4, 0.5) is 0 Å². The first-order valence-corrected chi connectivity index (χ1v) is 12.0. The first kappa shape index (κ1) is 30.5. The number of rotatable bonds is 8. The fourth-order valence-corrected chi connectivity index (χ4v) is 4.15. The summed E-state index contributed by atoms with van der Waals surface area (Å²) in [5, 5.41) is 74.5. The van der Waals surface area contributed by atoms with Gasteiger partial charge in [-0.05, 0) is 71.5 Å². The Morgan fingerprint density at radius 1 is 0.405 bits per heavy atom. The number of carbonyl (C=O) groups is 4. The third kappa shape index (κ3) is 7.12. The first-order valence-electron chi connectivity index (χ1n) is 12.0. The number of carboxylic acid groups (broad SMARTS) is 4. The molecule has 0 saturated carbocycles. The van der Waals surface area contributed by atoms with Crippen LogP contribution in [0.3, 0.4) is 0 Å². The van der Waals surface area contributed by atoms with Crippen molar-refractivity contribution in [1.82, 2.24) is 0 Å². The molecule has 0 unspecified atom stereocenters. The molecule has 4 aromatic carbocycles. The average molecular weight is 577 g/mol. The van der Waals surface area contributed by atoms with Gasteiger partial charge in [0, 0.05) is 0 Å². The zero-order valence-electron chi connectivity index (χ0n) is 21.6. The lowest BCUT2D eigenvalue weighted by molar-refractivity contribution is 0.0646. The summed E-state index contributed by atoms with van der Waals surface area (Å²) in [6.45, 7) is 0. The summed E-state index contributed by atoms with van der Waals surface area (Å²) >= 11 is 0. The molecular formula is C30H24O12. The minimum Gasteiger partial charge on any atom is -0.508 e. The van der Waals surface area contributed by atoms with Gasteiger partial charge >= 0.3 is 23.9 Å². The summed E-state index contributed by atoms with van der Waals surface area (Å²) in [6, 6.07) is 18.3. The summed E-state index contributed by atoms with van der Waals surface area (Å²) in [4.78, 5) is 45.6. The predicted molar refractivity (Wildman–Crippen MR) is 146 cm³/mol. The quantitative estimate of drug-likeness (QED) is 0.148. The fraction of sp³-hybridized carbons (Fsp3) is 0.0667. The van der Waals surface area contributed by atoms with Gasteiger partial charge in [0.25, 0.3) is 0 Å². The van der Waals surface area contributed by atoms with Crippen molar-refractivity contribution in [2.45, 2.75) is 12.8 Å². The van der Waals surface area contributed by atoms with Crippen molar-refractivity contribution in [3.63, 3.8) is 0 Å². The summed E-state index contributed by atoms with van der Waals surface area (Å²) in [5.74, 6) is -7.78. The standard InChI is InChI=1S/C17H12O10.C13H12O2/c18-8-3-1-6(10(14(20)21)12(8)16(24)25)5-7-2-4-9(19)13(17(26)27)11(7)15(22)23;14-12-5-1-10(2-6-12)9-11-3-7-13(15)8-4-11/h1-4,18-19H,5H2,(H,20,21)(H,22,23)(H,24,25)(H,26,27);1-8,14-15H,9H2. The Bertz CT molecular complexity index is 1530. The summed E-state index contributed by atoms with van der Waals surface area (Å²) in [5.41, 5.74) is -1.34. The summed E-state index contributed by atoms with van der Waals surface area (Å²) in [7, 11) is 0. The van der Waals surface area contributed by atoms with Crippen LogP contribution in [0.25, 0.3) is 0 Å². The molecule has 4 rings (SSSR count). The van der Waals surface area contributed by atoms with Gasteiger partial charge in [-0.2, -0.15) is 0 Å². The molecule has 0 aromatic heterocycles. The van der Waals surface area contributed by atoms with Crippen molar-refractivity contribution in [1.29, 1.82) is 0 Å². The van der Waals surface area contributed by atoms with Crippen molar-refractivity contribution in [3.05, 3.63) is 117 Å². The largest absolute Gasteiger partial charge is 0.508 e. The highest BCUT2D eigenvalue weighted by atomic mass is 16.4. The minimum absolute atomic E-state index is 0.165. The molecule has 0 aliphatic carbocycles. The van der Waals surface area contributed by atoms with Crippen LogP contribution in [0.5, 0.6) is 23.0 Å². The maximum atomic E-state index is 11.5. The van der Waals surface area contributed by atoms with E-state index >= 15 is 0 Å². The number of aromatic hydroxyl groups is 4. The molecule has 0 bridgehead atoms. The van der Waals surface area contributed by atoms with Gasteiger partial charge in [0.2, 0.25) is 0 Å². The van der Waals surface area contributed by atoms with Crippen molar-refractivity contribution < 1.29 is 60.0 Å². The lowest BCUT2D eigenvalue weighted by Gasteiger charge is -2.14. The van der Waals surface area contributed by atoms with E-state index in [0.717, 1.165) is 41.8 Å². The zero-order chi connectivity index (χ0) is 31.1. The molecule has 0 saturated heterocycles. The molecule has 4 aromatic rings. The van der Waals surface area contributed by atoms with Crippen LogP contribution >= 0.6 is 0 Å². The van der Waals surface area contributed by atoms with E-state index in [0.29, 0.717) is 0 Å². The highest BCUT2D eigenvalue weighted by molar-refractivity contribution is 6.06. The maximum Gasteiger partial charge on any atom is 0.340 e. The van der Waals surface area contributed by atoms with Gasteiger partial charge in [-0.15, -0.1) is 0 Å². The van der Waals surface area contributed by atoms with Gasteiger partial charge < -0.3 is 40.9 Å². The molecule has 0 aliphatic heterocycles. The second-order valence-electron chi connectivity index (χ2n) is 8.89. The Morgan fingerprint density at radius 2 is 0.714 bits per heavy atom. The van der Waals surface area contributed by atoms with E-state index in [1.54, 1.807) is 24.3 Å². The molecule has 0 heterocycles. The average Bonchev–Trinajstić information content (AvgIpc) is 2.92. The molecular weight excluding hydrogens is 552 g/mol. The number of phenolic OH excluding ortho intramolecular Hbond substituents is 2. The van der Waals surface area contributed by atoms with Crippen molar-refractivity contribution in [2.24, 2.45) is 0 Å². The van der Waals surface area contributed by atoms with Crippen LogP contribution < -0.4 is 0 Å². The van der Waals surface area contributed by atoms with E-state index in [2.05, 4.69) is 0 Å². The number of hydrogen-bond acceptors (Lipinski definition) is 8. The second kappa shape index (κ2) is 12.9. The molecule has 0 amide bonds. The third-order valence-corrected chi connectivity index (χ3v) is 6.06. The molecule has 12 nitrogen and oxygen atoms in total. The molecule has 12 heteroatoms. The second-order valence-corrected chi connectivity index (χ2v) is 8.89. The van der Waals surface area contributed by atoms with Gasteiger partial charge in [-0.25, -0.2) is 19.2 Å². The van der Waals surface area contributed by atoms with Crippen LogP contribution in [0.1, 0.15) is 63.7 Å². The van der Waals surface area contributed by atoms with Crippen molar-refractivity contribution in [3.8, 4) is 23.0 Å². The Kier molecular flexibility index (Phi) is 9.35. The highest BCUT2D eigenvalue weighted by Gasteiger charge is 2.28. The normalized spacial score (nSPS) is 10.3. The van der Waals surface area contributed by atoms with Gasteiger partial charge in [-0.3, -0.25) is 0 Å². The molecule has 42 heavy (non-hydrogen) atoms. The number of phenols is 4. The van der Waals surface area contributed by atoms with Crippen LogP contribution in [0.2, 0.25) is 0 Å². The predicted octanol–water partition coefficient (Wildman–Crippen LogP) is 4.17. The van der Waals surface area contributed by atoms with E-state index in [-0.39, 0.29) is 22.6 Å². The molecule has 0 spiro atoms. The Labute approximate surface area is 237 Å². The number of aromatic carboxylic acids is 4. The summed E-state index contributed by atoms with van der Waals surface area (Å²) in [6.07, 6.45) is 0.338. The van der Waals surface area contributed by atoms with E-state index in [9.17, 15) is 39.6 Å². The SMILES string of the molecule is O=C(O)c1c(O)ccc(Cc2ccc(O)c(C(=O)O)c2C(=O)O)c1C(=O)O.Oc1ccc(Cc2ccc(O)cc2)cc1. The number of hydrogen-bond donors (Lipinski definition) is 8. The molecule has 0 radical (unpaired) electrons. The smallest absolute Gasteiger partial charge is 0.340 e. The Morgan fingerprint density at radius 3 is 1.00 bits per heavy atom. The lowest BCUT2D eigenvalue weighted by Crippen LogP contribution is -2.15. The van der Waals surface area contributed by atoms with Gasteiger partial charge in [0.1, 0.15) is 34.1 Å². The lowest BCUT2D eigenvalue weighted by atomic mass is 9.91. The van der Waals surface area contributed by atoms with E-state index < -0.39 is 64.1 Å². The van der Waals surface area contributed by atoms with Crippen molar-refractivity contribution >= 4 is 23.9 Å². The molecule has 0 aliphatic rings. The molecule has 8 N–H and O–H groups in total. The third-order valence-electron chi connectivity index (χ3n) is 6.06. The van der Waals surface area contributed by atoms with Gasteiger partial charge in [-0.1, -0.05) is 36.4 Å². The number of benzene rings is 4. The molecule has 0 fully saturated rings.